The molecule has 1 aromatic heterocycles. The van der Waals surface area contributed by atoms with E-state index < -0.39 is 0 Å². The van der Waals surface area contributed by atoms with Gasteiger partial charge in [0.05, 0.1) is 6.61 Å². The van der Waals surface area contributed by atoms with Crippen molar-refractivity contribution in [2.24, 2.45) is 0 Å². The molecule has 0 radical (unpaired) electrons. The number of imidazole rings is 1. The van der Waals surface area contributed by atoms with E-state index in [0.717, 1.165) is 38.6 Å². The van der Waals surface area contributed by atoms with Crippen molar-refractivity contribution < 1.29 is 4.74 Å². The van der Waals surface area contributed by atoms with Gasteiger partial charge in [-0.1, -0.05) is 6.42 Å². The molecular formula is C15H28N4O. The van der Waals surface area contributed by atoms with Crippen LogP contribution < -0.4 is 5.32 Å². The summed E-state index contributed by atoms with van der Waals surface area (Å²) in [6, 6.07) is 0.671. The van der Waals surface area contributed by atoms with Gasteiger partial charge < -0.3 is 14.6 Å². The third-order valence-electron chi connectivity index (χ3n) is 4.16. The summed E-state index contributed by atoms with van der Waals surface area (Å²) in [6.45, 7) is 8.27. The highest BCUT2D eigenvalue weighted by Gasteiger charge is 2.21. The van der Waals surface area contributed by atoms with Gasteiger partial charge in [0.15, 0.2) is 0 Å². The average molecular weight is 280 g/mol. The van der Waals surface area contributed by atoms with Crippen LogP contribution in [0.2, 0.25) is 0 Å². The Morgan fingerprint density at radius 3 is 3.05 bits per heavy atom. The van der Waals surface area contributed by atoms with E-state index in [1.807, 2.05) is 6.20 Å². The normalized spacial score (nSPS) is 20.4. The zero-order chi connectivity index (χ0) is 14.2. The Balaban J connectivity index is 1.76. The lowest BCUT2D eigenvalue weighted by molar-refractivity contribution is 0.135. The number of hydrogen-bond donors (Lipinski definition) is 1. The van der Waals surface area contributed by atoms with E-state index >= 15 is 0 Å². The van der Waals surface area contributed by atoms with Crippen molar-refractivity contribution in [3.05, 3.63) is 18.2 Å². The van der Waals surface area contributed by atoms with Crippen molar-refractivity contribution in [3.63, 3.8) is 0 Å². The standard InChI is InChI=1S/C15H28N4O/c1-14-17-6-9-18(14)10-11-19-8-4-3-5-15(19)13-16-7-12-20-2/h6,9,15-16H,3-5,7-8,10-13H2,1-2H3. The molecule has 0 aliphatic carbocycles. The first-order chi connectivity index (χ1) is 9.81. The van der Waals surface area contributed by atoms with Gasteiger partial charge in [0.2, 0.25) is 0 Å². The summed E-state index contributed by atoms with van der Waals surface area (Å²) in [6.07, 6.45) is 7.96. The van der Waals surface area contributed by atoms with E-state index in [1.165, 1.54) is 25.8 Å². The monoisotopic (exact) mass is 280 g/mol. The van der Waals surface area contributed by atoms with E-state index in [2.05, 4.69) is 32.9 Å². The van der Waals surface area contributed by atoms with Gasteiger partial charge in [-0.05, 0) is 26.3 Å². The molecule has 20 heavy (non-hydrogen) atoms. The number of aromatic nitrogens is 2. The van der Waals surface area contributed by atoms with Crippen LogP contribution >= 0.6 is 0 Å². The zero-order valence-corrected chi connectivity index (χ0v) is 12.8. The van der Waals surface area contributed by atoms with Crippen molar-refractivity contribution in [1.82, 2.24) is 19.8 Å². The van der Waals surface area contributed by atoms with Crippen LogP contribution in [0.3, 0.4) is 0 Å². The smallest absolute Gasteiger partial charge is 0.105 e. The molecule has 5 nitrogen and oxygen atoms in total. The van der Waals surface area contributed by atoms with Crippen LogP contribution in [0.4, 0.5) is 0 Å². The first-order valence-electron chi connectivity index (χ1n) is 7.72. The minimum Gasteiger partial charge on any atom is -0.383 e. The third kappa shape index (κ3) is 4.58. The lowest BCUT2D eigenvalue weighted by Crippen LogP contribution is -2.47. The molecule has 0 saturated carbocycles. The molecule has 114 valence electrons. The average Bonchev–Trinajstić information content (AvgIpc) is 2.88. The maximum atomic E-state index is 5.08. The molecule has 0 aromatic carbocycles. The Morgan fingerprint density at radius 1 is 1.40 bits per heavy atom. The van der Waals surface area contributed by atoms with Crippen molar-refractivity contribution in [1.29, 1.82) is 0 Å². The molecule has 1 unspecified atom stereocenters. The fourth-order valence-corrected chi connectivity index (χ4v) is 2.90. The minimum atomic E-state index is 0.671. The Hall–Kier alpha value is -0.910. The van der Waals surface area contributed by atoms with Crippen molar-refractivity contribution in [2.75, 3.05) is 39.9 Å². The maximum Gasteiger partial charge on any atom is 0.105 e. The predicted molar refractivity (Wildman–Crippen MR) is 80.9 cm³/mol. The van der Waals surface area contributed by atoms with Gasteiger partial charge in [-0.2, -0.15) is 0 Å². The van der Waals surface area contributed by atoms with E-state index in [1.54, 1.807) is 7.11 Å². The van der Waals surface area contributed by atoms with Crippen LogP contribution in [-0.2, 0) is 11.3 Å². The number of piperidine rings is 1. The van der Waals surface area contributed by atoms with Gasteiger partial charge in [0, 0.05) is 51.7 Å². The first-order valence-corrected chi connectivity index (χ1v) is 7.72. The lowest BCUT2D eigenvalue weighted by atomic mass is 10.0. The molecule has 0 bridgehead atoms. The van der Waals surface area contributed by atoms with Crippen LogP contribution in [-0.4, -0.2) is 60.4 Å². The molecule has 1 aliphatic rings. The number of hydrogen-bond acceptors (Lipinski definition) is 4. The summed E-state index contributed by atoms with van der Waals surface area (Å²) in [7, 11) is 1.75. The lowest BCUT2D eigenvalue weighted by Gasteiger charge is -2.36. The molecule has 5 heteroatoms. The fraction of sp³-hybridized carbons (Fsp3) is 0.800. The SMILES string of the molecule is COCCNCC1CCCCN1CCn1ccnc1C. The molecule has 1 aliphatic heterocycles. The molecule has 1 N–H and O–H groups in total. The van der Waals surface area contributed by atoms with Crippen molar-refractivity contribution in [2.45, 2.75) is 38.8 Å². The second-order valence-electron chi connectivity index (χ2n) is 5.55. The van der Waals surface area contributed by atoms with Gasteiger partial charge in [-0.25, -0.2) is 4.98 Å². The summed E-state index contributed by atoms with van der Waals surface area (Å²) in [5.41, 5.74) is 0. The van der Waals surface area contributed by atoms with Gasteiger partial charge in [0.1, 0.15) is 5.82 Å². The summed E-state index contributed by atoms with van der Waals surface area (Å²) in [5.74, 6) is 1.11. The van der Waals surface area contributed by atoms with Crippen molar-refractivity contribution >= 4 is 0 Å². The van der Waals surface area contributed by atoms with Crippen molar-refractivity contribution in [3.8, 4) is 0 Å². The molecule has 2 heterocycles. The highest BCUT2D eigenvalue weighted by Crippen LogP contribution is 2.16. The number of nitrogens with one attached hydrogen (secondary N) is 1. The highest BCUT2D eigenvalue weighted by atomic mass is 16.5. The minimum absolute atomic E-state index is 0.671. The van der Waals surface area contributed by atoms with E-state index in [0.29, 0.717) is 6.04 Å². The molecule has 1 aromatic rings. The Kier molecular flexibility index (Phi) is 6.50. The van der Waals surface area contributed by atoms with Gasteiger partial charge in [-0.15, -0.1) is 0 Å². The molecule has 0 amide bonds. The molecule has 1 atom stereocenters. The quantitative estimate of drug-likeness (QED) is 0.729. The molecule has 1 saturated heterocycles. The fourth-order valence-electron chi connectivity index (χ4n) is 2.90. The number of aryl methyl sites for hydroxylation is 1. The Labute approximate surface area is 122 Å². The van der Waals surface area contributed by atoms with Crippen LogP contribution in [0.1, 0.15) is 25.1 Å². The summed E-state index contributed by atoms with van der Waals surface area (Å²) in [5, 5.41) is 3.50. The predicted octanol–water partition coefficient (Wildman–Crippen LogP) is 1.28. The van der Waals surface area contributed by atoms with E-state index in [4.69, 9.17) is 4.74 Å². The van der Waals surface area contributed by atoms with Gasteiger partial charge >= 0.3 is 0 Å². The van der Waals surface area contributed by atoms with Crippen LogP contribution in [0, 0.1) is 6.92 Å². The number of ether oxygens (including phenoxy) is 1. The summed E-state index contributed by atoms with van der Waals surface area (Å²) < 4.78 is 7.32. The Bertz CT molecular complexity index is 380. The number of rotatable bonds is 8. The van der Waals surface area contributed by atoms with E-state index in [-0.39, 0.29) is 0 Å². The largest absolute Gasteiger partial charge is 0.383 e. The molecule has 2 rings (SSSR count). The maximum absolute atomic E-state index is 5.08. The number of nitrogens with zero attached hydrogens (tertiary/aromatic N) is 3. The summed E-state index contributed by atoms with van der Waals surface area (Å²) in [4.78, 5) is 6.92. The van der Waals surface area contributed by atoms with Gasteiger partial charge in [0.25, 0.3) is 0 Å². The summed E-state index contributed by atoms with van der Waals surface area (Å²) >= 11 is 0. The first kappa shape index (κ1) is 15.5. The van der Waals surface area contributed by atoms with Crippen LogP contribution in [0.5, 0.6) is 0 Å². The second-order valence-corrected chi connectivity index (χ2v) is 5.55. The zero-order valence-electron chi connectivity index (χ0n) is 12.8. The molecule has 0 spiro atoms. The number of methoxy groups -OCH3 is 1. The number of likely N-dealkylation sites (tertiary alicyclic amines) is 1. The molecular weight excluding hydrogens is 252 g/mol. The topological polar surface area (TPSA) is 42.3 Å². The van der Waals surface area contributed by atoms with Crippen LogP contribution in [0.15, 0.2) is 12.4 Å². The third-order valence-corrected chi connectivity index (χ3v) is 4.16. The highest BCUT2D eigenvalue weighted by molar-refractivity contribution is 4.89. The van der Waals surface area contributed by atoms with E-state index in [9.17, 15) is 0 Å². The second kappa shape index (κ2) is 8.39. The molecule has 1 fully saturated rings. The van der Waals surface area contributed by atoms with Crippen LogP contribution in [0.25, 0.3) is 0 Å². The van der Waals surface area contributed by atoms with Gasteiger partial charge in [-0.3, -0.25) is 4.90 Å². The Morgan fingerprint density at radius 2 is 2.30 bits per heavy atom.